The van der Waals surface area contributed by atoms with Gasteiger partial charge in [0.15, 0.2) is 5.75 Å². The average molecular weight is 343 g/mol. The maximum atomic E-state index is 12.0. The number of amides is 1. The number of carbonyl (C=O) groups is 1. The summed E-state index contributed by atoms with van der Waals surface area (Å²) in [4.78, 5) is 22.5. The van der Waals surface area contributed by atoms with E-state index in [0.29, 0.717) is 25.2 Å². The smallest absolute Gasteiger partial charge is 0.311 e. The third-order valence-electron chi connectivity index (χ3n) is 3.67. The number of nitrogens with zero attached hydrogens (tertiary/aromatic N) is 1. The Labute approximate surface area is 146 Å². The number of carbonyl (C=O) groups excluding carboxylic acids is 1. The molecule has 0 aliphatic heterocycles. The maximum absolute atomic E-state index is 12.0. The van der Waals surface area contributed by atoms with Gasteiger partial charge >= 0.3 is 5.69 Å². The molecule has 0 saturated carbocycles. The number of nitro groups is 1. The summed E-state index contributed by atoms with van der Waals surface area (Å²) >= 11 is 0. The van der Waals surface area contributed by atoms with Crippen LogP contribution >= 0.6 is 0 Å². The van der Waals surface area contributed by atoms with Gasteiger partial charge in [0.1, 0.15) is 0 Å². The van der Waals surface area contributed by atoms with E-state index in [9.17, 15) is 14.9 Å². The lowest BCUT2D eigenvalue weighted by Crippen LogP contribution is -2.31. The molecule has 0 radical (unpaired) electrons. The standard InChI is InChI=1S/C18H21N3O4/c1-13-3-6-15(7-4-13)18(22)20-10-9-19-12-14-5-8-17(25-2)16(11-14)21(23)24/h3-8,11,19H,9-10,12H2,1-2H3,(H,20,22). The third-order valence-corrected chi connectivity index (χ3v) is 3.67. The van der Waals surface area contributed by atoms with Crippen LogP contribution in [0.4, 0.5) is 5.69 Å². The van der Waals surface area contributed by atoms with Crippen LogP contribution in [0, 0.1) is 17.0 Å². The molecule has 0 saturated heterocycles. The van der Waals surface area contributed by atoms with Crippen LogP contribution < -0.4 is 15.4 Å². The Morgan fingerprint density at radius 3 is 2.52 bits per heavy atom. The predicted octanol–water partition coefficient (Wildman–Crippen LogP) is 2.43. The van der Waals surface area contributed by atoms with Gasteiger partial charge in [0.2, 0.25) is 0 Å². The van der Waals surface area contributed by atoms with E-state index in [0.717, 1.165) is 11.1 Å². The van der Waals surface area contributed by atoms with Gasteiger partial charge in [0, 0.05) is 31.3 Å². The second kappa shape index (κ2) is 8.79. The molecule has 0 atom stereocenters. The number of nitro benzene ring substituents is 1. The summed E-state index contributed by atoms with van der Waals surface area (Å²) in [5.41, 5.74) is 2.44. The zero-order valence-corrected chi connectivity index (χ0v) is 14.2. The van der Waals surface area contributed by atoms with Gasteiger partial charge in [-0.25, -0.2) is 0 Å². The van der Waals surface area contributed by atoms with Crippen LogP contribution in [0.1, 0.15) is 21.5 Å². The van der Waals surface area contributed by atoms with Crippen molar-refractivity contribution in [1.82, 2.24) is 10.6 Å². The first-order valence-electron chi connectivity index (χ1n) is 7.88. The molecule has 0 aliphatic carbocycles. The van der Waals surface area contributed by atoms with Crippen molar-refractivity contribution in [3.05, 3.63) is 69.3 Å². The van der Waals surface area contributed by atoms with Gasteiger partial charge in [-0.05, 0) is 30.7 Å². The lowest BCUT2D eigenvalue weighted by Gasteiger charge is -2.08. The van der Waals surface area contributed by atoms with Crippen molar-refractivity contribution in [1.29, 1.82) is 0 Å². The third kappa shape index (κ3) is 5.29. The Bertz CT molecular complexity index is 744. The van der Waals surface area contributed by atoms with Crippen molar-refractivity contribution in [3.63, 3.8) is 0 Å². The highest BCUT2D eigenvalue weighted by Gasteiger charge is 2.14. The van der Waals surface area contributed by atoms with E-state index in [1.807, 2.05) is 19.1 Å². The van der Waals surface area contributed by atoms with Crippen LogP contribution in [-0.2, 0) is 6.54 Å². The molecule has 0 bridgehead atoms. The monoisotopic (exact) mass is 343 g/mol. The second-order valence-corrected chi connectivity index (χ2v) is 5.56. The zero-order chi connectivity index (χ0) is 18.2. The fourth-order valence-electron chi connectivity index (χ4n) is 2.29. The first-order chi connectivity index (χ1) is 12.0. The lowest BCUT2D eigenvalue weighted by atomic mass is 10.1. The van der Waals surface area contributed by atoms with Crippen LogP contribution in [0.25, 0.3) is 0 Å². The lowest BCUT2D eigenvalue weighted by molar-refractivity contribution is -0.385. The highest BCUT2D eigenvalue weighted by atomic mass is 16.6. The van der Waals surface area contributed by atoms with Crippen molar-refractivity contribution in [2.75, 3.05) is 20.2 Å². The summed E-state index contributed by atoms with van der Waals surface area (Å²) in [6.45, 7) is 3.45. The highest BCUT2D eigenvalue weighted by Crippen LogP contribution is 2.27. The molecule has 2 rings (SSSR count). The van der Waals surface area contributed by atoms with E-state index in [4.69, 9.17) is 4.74 Å². The molecule has 2 aromatic rings. The predicted molar refractivity (Wildman–Crippen MR) is 94.9 cm³/mol. The molecular weight excluding hydrogens is 322 g/mol. The van der Waals surface area contributed by atoms with Crippen LogP contribution in [0.2, 0.25) is 0 Å². The fourth-order valence-corrected chi connectivity index (χ4v) is 2.29. The van der Waals surface area contributed by atoms with Crippen molar-refractivity contribution in [2.24, 2.45) is 0 Å². The molecule has 7 heteroatoms. The van der Waals surface area contributed by atoms with Gasteiger partial charge in [-0.3, -0.25) is 14.9 Å². The Morgan fingerprint density at radius 2 is 1.88 bits per heavy atom. The highest BCUT2D eigenvalue weighted by molar-refractivity contribution is 5.94. The Balaban J connectivity index is 1.77. The minimum Gasteiger partial charge on any atom is -0.490 e. The molecule has 0 fully saturated rings. The topological polar surface area (TPSA) is 93.5 Å². The van der Waals surface area contributed by atoms with Gasteiger partial charge in [-0.2, -0.15) is 0 Å². The maximum Gasteiger partial charge on any atom is 0.311 e. The number of benzene rings is 2. The SMILES string of the molecule is COc1ccc(CNCCNC(=O)c2ccc(C)cc2)cc1[N+](=O)[O-]. The molecule has 1 amide bonds. The summed E-state index contributed by atoms with van der Waals surface area (Å²) in [6.07, 6.45) is 0. The molecule has 7 nitrogen and oxygen atoms in total. The van der Waals surface area contributed by atoms with Gasteiger partial charge in [-0.15, -0.1) is 0 Å². The van der Waals surface area contributed by atoms with Crippen molar-refractivity contribution < 1.29 is 14.5 Å². The molecule has 2 aromatic carbocycles. The minimum atomic E-state index is -0.468. The molecule has 2 N–H and O–H groups in total. The van der Waals surface area contributed by atoms with E-state index in [-0.39, 0.29) is 17.3 Å². The summed E-state index contributed by atoms with van der Waals surface area (Å²) in [5.74, 6) is 0.112. The molecule has 0 aliphatic rings. The number of hydrogen-bond acceptors (Lipinski definition) is 5. The molecule has 0 spiro atoms. The van der Waals surface area contributed by atoms with Gasteiger partial charge in [-0.1, -0.05) is 23.8 Å². The number of nitrogens with one attached hydrogen (secondary N) is 2. The van der Waals surface area contributed by atoms with Crippen molar-refractivity contribution in [3.8, 4) is 5.75 Å². The fraction of sp³-hybridized carbons (Fsp3) is 0.278. The zero-order valence-electron chi connectivity index (χ0n) is 14.2. The van der Waals surface area contributed by atoms with Gasteiger partial charge < -0.3 is 15.4 Å². The quantitative estimate of drug-likeness (QED) is 0.436. The largest absolute Gasteiger partial charge is 0.490 e. The first-order valence-corrected chi connectivity index (χ1v) is 7.88. The van der Waals surface area contributed by atoms with Crippen molar-refractivity contribution >= 4 is 11.6 Å². The summed E-state index contributed by atoms with van der Waals surface area (Å²) < 4.78 is 4.97. The molecule has 0 unspecified atom stereocenters. The Kier molecular flexibility index (Phi) is 6.47. The second-order valence-electron chi connectivity index (χ2n) is 5.56. The number of hydrogen-bond donors (Lipinski definition) is 2. The number of methoxy groups -OCH3 is 1. The van der Waals surface area contributed by atoms with E-state index in [1.54, 1.807) is 24.3 Å². The first kappa shape index (κ1) is 18.4. The van der Waals surface area contributed by atoms with E-state index >= 15 is 0 Å². The molecule has 0 aromatic heterocycles. The van der Waals surface area contributed by atoms with E-state index in [2.05, 4.69) is 10.6 Å². The van der Waals surface area contributed by atoms with Gasteiger partial charge in [0.25, 0.3) is 5.91 Å². The van der Waals surface area contributed by atoms with Gasteiger partial charge in [0.05, 0.1) is 12.0 Å². The van der Waals surface area contributed by atoms with E-state index in [1.165, 1.54) is 13.2 Å². The van der Waals surface area contributed by atoms with Crippen molar-refractivity contribution in [2.45, 2.75) is 13.5 Å². The summed E-state index contributed by atoms with van der Waals surface area (Å²) in [5, 5.41) is 17.0. The number of aryl methyl sites for hydroxylation is 1. The normalized spacial score (nSPS) is 10.3. The van der Waals surface area contributed by atoms with E-state index < -0.39 is 4.92 Å². The van der Waals surface area contributed by atoms with Crippen LogP contribution in [0.15, 0.2) is 42.5 Å². The molecule has 25 heavy (non-hydrogen) atoms. The summed E-state index contributed by atoms with van der Waals surface area (Å²) in [7, 11) is 1.40. The minimum absolute atomic E-state index is 0.0607. The Hall–Kier alpha value is -2.93. The number of rotatable bonds is 8. The average Bonchev–Trinajstić information content (AvgIpc) is 2.61. The Morgan fingerprint density at radius 1 is 1.16 bits per heavy atom. The van der Waals surface area contributed by atoms with Crippen LogP contribution in [0.5, 0.6) is 5.75 Å². The molecule has 0 heterocycles. The van der Waals surface area contributed by atoms with Crippen LogP contribution in [0.3, 0.4) is 0 Å². The summed E-state index contributed by atoms with van der Waals surface area (Å²) in [6, 6.07) is 12.2. The molecule has 132 valence electrons. The number of ether oxygens (including phenoxy) is 1. The molecular formula is C18H21N3O4. The van der Waals surface area contributed by atoms with Crippen LogP contribution in [-0.4, -0.2) is 31.0 Å².